The second-order valence-electron chi connectivity index (χ2n) is 7.36. The topological polar surface area (TPSA) is 89.4 Å². The number of aromatic nitrogens is 2. The Morgan fingerprint density at radius 1 is 0.839 bits per heavy atom. The Balaban J connectivity index is 1.56. The Hall–Kier alpha value is -3.67. The minimum Gasteiger partial charge on any atom is -0.481 e. The molecule has 6 nitrogen and oxygen atoms in total. The summed E-state index contributed by atoms with van der Waals surface area (Å²) in [5.74, 6) is 1.13. The molecule has 31 heavy (non-hydrogen) atoms. The van der Waals surface area contributed by atoms with Crippen molar-refractivity contribution >= 4 is 5.97 Å². The molecule has 0 aliphatic rings. The largest absolute Gasteiger partial charge is 0.481 e. The number of unbranched alkanes of at least 4 members (excludes halogenated alkanes) is 3. The average Bonchev–Trinajstić information content (AvgIpc) is 3.44. The highest BCUT2D eigenvalue weighted by molar-refractivity contribution is 5.78. The van der Waals surface area contributed by atoms with E-state index in [1.165, 1.54) is 6.39 Å². The Morgan fingerprint density at radius 3 is 2.23 bits per heavy atom. The van der Waals surface area contributed by atoms with Gasteiger partial charge in [0.05, 0.1) is 0 Å². The molecule has 4 aromatic rings. The van der Waals surface area contributed by atoms with E-state index in [0.717, 1.165) is 41.8 Å². The van der Waals surface area contributed by atoms with Gasteiger partial charge < -0.3 is 13.9 Å². The van der Waals surface area contributed by atoms with E-state index in [1.54, 1.807) is 0 Å². The zero-order valence-electron chi connectivity index (χ0n) is 17.2. The fourth-order valence-electron chi connectivity index (χ4n) is 3.54. The van der Waals surface area contributed by atoms with Crippen LogP contribution in [0.15, 0.2) is 75.9 Å². The third-order valence-electron chi connectivity index (χ3n) is 5.10. The summed E-state index contributed by atoms with van der Waals surface area (Å²) in [6, 6.07) is 19.8. The van der Waals surface area contributed by atoms with Gasteiger partial charge in [0.15, 0.2) is 17.8 Å². The number of carbonyl (C=O) groups is 1. The van der Waals surface area contributed by atoms with Crippen LogP contribution >= 0.6 is 0 Å². The molecule has 2 heterocycles. The van der Waals surface area contributed by atoms with E-state index in [2.05, 4.69) is 4.98 Å². The van der Waals surface area contributed by atoms with Gasteiger partial charge in [0.1, 0.15) is 11.5 Å². The summed E-state index contributed by atoms with van der Waals surface area (Å²) in [6.07, 6.45) is 5.73. The molecule has 6 heteroatoms. The standard InChI is InChI=1S/C25H24N2O4/c28-21(29)16-10-2-1-9-15-20-23(26-17-30-20)25-27-22(18-11-5-3-6-12-18)24(31-25)19-13-7-4-8-14-19/h3-8,11-14,17H,1-2,9-10,15-16H2,(H,28,29). The number of rotatable bonds is 10. The van der Waals surface area contributed by atoms with Gasteiger partial charge in [0.25, 0.3) is 0 Å². The van der Waals surface area contributed by atoms with Gasteiger partial charge in [-0.3, -0.25) is 4.79 Å². The van der Waals surface area contributed by atoms with E-state index in [9.17, 15) is 4.79 Å². The molecule has 0 saturated carbocycles. The molecule has 0 radical (unpaired) electrons. The van der Waals surface area contributed by atoms with Crippen LogP contribution in [0.25, 0.3) is 34.2 Å². The minimum atomic E-state index is -0.746. The molecule has 2 aromatic carbocycles. The van der Waals surface area contributed by atoms with Crippen LogP contribution in [-0.4, -0.2) is 21.0 Å². The van der Waals surface area contributed by atoms with Crippen LogP contribution in [0.5, 0.6) is 0 Å². The van der Waals surface area contributed by atoms with E-state index < -0.39 is 5.97 Å². The van der Waals surface area contributed by atoms with Gasteiger partial charge in [-0.25, -0.2) is 9.97 Å². The van der Waals surface area contributed by atoms with Crippen LogP contribution < -0.4 is 0 Å². The summed E-state index contributed by atoms with van der Waals surface area (Å²) in [6.45, 7) is 0. The average molecular weight is 416 g/mol. The molecule has 0 aliphatic heterocycles. The van der Waals surface area contributed by atoms with Gasteiger partial charge in [-0.1, -0.05) is 73.5 Å². The monoisotopic (exact) mass is 416 g/mol. The zero-order chi connectivity index (χ0) is 21.5. The highest BCUT2D eigenvalue weighted by atomic mass is 16.4. The summed E-state index contributed by atoms with van der Waals surface area (Å²) in [4.78, 5) is 19.8. The zero-order valence-corrected chi connectivity index (χ0v) is 17.2. The lowest BCUT2D eigenvalue weighted by Crippen LogP contribution is -1.94. The smallest absolute Gasteiger partial charge is 0.303 e. The van der Waals surface area contributed by atoms with E-state index in [0.29, 0.717) is 30.2 Å². The lowest BCUT2D eigenvalue weighted by Gasteiger charge is -2.00. The number of hydrogen-bond acceptors (Lipinski definition) is 5. The number of nitrogens with zero attached hydrogens (tertiary/aromatic N) is 2. The molecule has 1 N–H and O–H groups in total. The number of hydrogen-bond donors (Lipinski definition) is 1. The van der Waals surface area contributed by atoms with Gasteiger partial charge in [0.2, 0.25) is 5.89 Å². The highest BCUT2D eigenvalue weighted by Crippen LogP contribution is 2.36. The predicted molar refractivity (Wildman–Crippen MR) is 117 cm³/mol. The maximum absolute atomic E-state index is 10.6. The van der Waals surface area contributed by atoms with Crippen molar-refractivity contribution in [3.05, 3.63) is 72.8 Å². The number of aliphatic carboxylic acids is 1. The van der Waals surface area contributed by atoms with E-state index in [1.807, 2.05) is 60.7 Å². The van der Waals surface area contributed by atoms with E-state index in [4.69, 9.17) is 18.9 Å². The molecule has 0 amide bonds. The first-order valence-corrected chi connectivity index (χ1v) is 10.5. The maximum atomic E-state index is 10.6. The quantitative estimate of drug-likeness (QED) is 0.308. The van der Waals surface area contributed by atoms with Crippen molar-refractivity contribution in [2.45, 2.75) is 38.5 Å². The molecule has 0 saturated heterocycles. The highest BCUT2D eigenvalue weighted by Gasteiger charge is 2.22. The molecule has 0 spiro atoms. The van der Waals surface area contributed by atoms with Crippen LogP contribution in [0.3, 0.4) is 0 Å². The summed E-state index contributed by atoms with van der Waals surface area (Å²) < 4.78 is 11.8. The molecule has 4 rings (SSSR count). The van der Waals surface area contributed by atoms with Gasteiger partial charge in [-0.2, -0.15) is 0 Å². The number of carboxylic acids is 1. The second-order valence-corrected chi connectivity index (χ2v) is 7.36. The lowest BCUT2D eigenvalue weighted by molar-refractivity contribution is -0.137. The van der Waals surface area contributed by atoms with E-state index in [-0.39, 0.29) is 6.42 Å². The number of benzene rings is 2. The van der Waals surface area contributed by atoms with Crippen LogP contribution in [0.1, 0.15) is 37.9 Å². The third kappa shape index (κ3) is 5.09. The van der Waals surface area contributed by atoms with Gasteiger partial charge >= 0.3 is 5.97 Å². The molecular weight excluding hydrogens is 392 g/mol. The van der Waals surface area contributed by atoms with Crippen molar-refractivity contribution in [2.75, 3.05) is 0 Å². The molecule has 0 aliphatic carbocycles. The number of oxazole rings is 2. The van der Waals surface area contributed by atoms with Crippen molar-refractivity contribution in [1.29, 1.82) is 0 Å². The van der Waals surface area contributed by atoms with Gasteiger partial charge in [-0.15, -0.1) is 0 Å². The van der Waals surface area contributed by atoms with Crippen molar-refractivity contribution in [1.82, 2.24) is 9.97 Å². The predicted octanol–water partition coefficient (Wildman–Crippen LogP) is 6.24. The number of carboxylic acid groups (broad SMARTS) is 1. The van der Waals surface area contributed by atoms with Crippen molar-refractivity contribution in [3.8, 4) is 34.2 Å². The third-order valence-corrected chi connectivity index (χ3v) is 5.10. The summed E-state index contributed by atoms with van der Waals surface area (Å²) >= 11 is 0. The summed E-state index contributed by atoms with van der Waals surface area (Å²) in [7, 11) is 0. The Bertz CT molecular complexity index is 1060. The van der Waals surface area contributed by atoms with E-state index >= 15 is 0 Å². The first-order valence-electron chi connectivity index (χ1n) is 10.5. The van der Waals surface area contributed by atoms with Gasteiger partial charge in [-0.05, 0) is 12.8 Å². The second kappa shape index (κ2) is 9.89. The normalized spacial score (nSPS) is 11.0. The molecule has 2 aromatic heterocycles. The van der Waals surface area contributed by atoms with Gasteiger partial charge in [0, 0.05) is 24.0 Å². The number of aryl methyl sites for hydroxylation is 1. The van der Waals surface area contributed by atoms with Crippen LogP contribution in [0, 0.1) is 0 Å². The van der Waals surface area contributed by atoms with Crippen molar-refractivity contribution < 1.29 is 18.7 Å². The fraction of sp³-hybridized carbons (Fsp3) is 0.240. The summed E-state index contributed by atoms with van der Waals surface area (Å²) in [5, 5.41) is 8.73. The molecular formula is C25H24N2O4. The first kappa shape index (κ1) is 20.6. The molecule has 0 bridgehead atoms. The minimum absolute atomic E-state index is 0.217. The van der Waals surface area contributed by atoms with Crippen LogP contribution in [0.2, 0.25) is 0 Å². The Kier molecular flexibility index (Phi) is 6.57. The first-order chi connectivity index (χ1) is 15.2. The Morgan fingerprint density at radius 2 is 1.52 bits per heavy atom. The van der Waals surface area contributed by atoms with Crippen molar-refractivity contribution in [2.24, 2.45) is 0 Å². The van der Waals surface area contributed by atoms with Crippen LogP contribution in [-0.2, 0) is 11.2 Å². The Labute approximate surface area is 180 Å². The summed E-state index contributed by atoms with van der Waals surface area (Å²) in [5.41, 5.74) is 3.30. The maximum Gasteiger partial charge on any atom is 0.303 e. The van der Waals surface area contributed by atoms with Crippen LogP contribution in [0.4, 0.5) is 0 Å². The molecule has 158 valence electrons. The fourth-order valence-corrected chi connectivity index (χ4v) is 3.54. The molecule has 0 atom stereocenters. The molecule has 0 unspecified atom stereocenters. The lowest BCUT2D eigenvalue weighted by atomic mass is 10.1. The van der Waals surface area contributed by atoms with Crippen molar-refractivity contribution in [3.63, 3.8) is 0 Å². The molecule has 0 fully saturated rings. The SMILES string of the molecule is O=C(O)CCCCCCc1ocnc1-c1nc(-c2ccccc2)c(-c2ccccc2)o1.